The van der Waals surface area contributed by atoms with Crippen LogP contribution in [0.25, 0.3) is 0 Å². The molecule has 4 nitrogen and oxygen atoms in total. The SMILES string of the molecule is Cc1nccc(CN2CCNC(C(C)C)C2)n1. The number of aryl methyl sites for hydroxylation is 1. The van der Waals surface area contributed by atoms with E-state index in [0.717, 1.165) is 37.7 Å². The summed E-state index contributed by atoms with van der Waals surface area (Å²) in [6, 6.07) is 2.62. The van der Waals surface area contributed by atoms with Crippen molar-refractivity contribution in [2.75, 3.05) is 19.6 Å². The predicted molar refractivity (Wildman–Crippen MR) is 68.7 cm³/mol. The van der Waals surface area contributed by atoms with Crippen molar-refractivity contribution in [1.29, 1.82) is 0 Å². The van der Waals surface area contributed by atoms with Crippen LogP contribution in [0, 0.1) is 12.8 Å². The highest BCUT2D eigenvalue weighted by Crippen LogP contribution is 2.10. The molecule has 1 N–H and O–H groups in total. The van der Waals surface area contributed by atoms with Gasteiger partial charge in [-0.2, -0.15) is 0 Å². The molecule has 1 aromatic rings. The molecular formula is C13H22N4. The molecule has 0 aromatic carbocycles. The van der Waals surface area contributed by atoms with Gasteiger partial charge in [-0.1, -0.05) is 13.8 Å². The van der Waals surface area contributed by atoms with Crippen molar-refractivity contribution in [3.8, 4) is 0 Å². The van der Waals surface area contributed by atoms with E-state index in [4.69, 9.17) is 0 Å². The van der Waals surface area contributed by atoms with Crippen LogP contribution in [0.5, 0.6) is 0 Å². The topological polar surface area (TPSA) is 41.1 Å². The first-order valence-corrected chi connectivity index (χ1v) is 6.39. The standard InChI is InChI=1S/C13H22N4/c1-10(2)13-9-17(7-6-15-13)8-12-4-5-14-11(3)16-12/h4-5,10,13,15H,6-9H2,1-3H3. The largest absolute Gasteiger partial charge is 0.311 e. The van der Waals surface area contributed by atoms with Crippen molar-refractivity contribution in [2.24, 2.45) is 5.92 Å². The molecule has 2 heterocycles. The van der Waals surface area contributed by atoms with E-state index >= 15 is 0 Å². The molecule has 0 radical (unpaired) electrons. The Kier molecular flexibility index (Phi) is 4.07. The van der Waals surface area contributed by atoms with Crippen LogP contribution in [-0.2, 0) is 6.54 Å². The molecule has 0 spiro atoms. The van der Waals surface area contributed by atoms with E-state index in [1.807, 2.05) is 19.2 Å². The van der Waals surface area contributed by atoms with Crippen LogP contribution in [0.4, 0.5) is 0 Å². The Morgan fingerprint density at radius 2 is 2.35 bits per heavy atom. The molecule has 1 aliphatic rings. The van der Waals surface area contributed by atoms with E-state index in [1.165, 1.54) is 0 Å². The molecule has 0 aliphatic carbocycles. The fourth-order valence-corrected chi connectivity index (χ4v) is 2.25. The third-order valence-corrected chi connectivity index (χ3v) is 3.31. The lowest BCUT2D eigenvalue weighted by molar-refractivity contribution is 0.167. The summed E-state index contributed by atoms with van der Waals surface area (Å²) in [6.45, 7) is 10.7. The lowest BCUT2D eigenvalue weighted by atomic mass is 10.0. The molecule has 1 fully saturated rings. The molecule has 1 saturated heterocycles. The Balaban J connectivity index is 1.94. The third kappa shape index (κ3) is 3.48. The maximum absolute atomic E-state index is 4.46. The second-order valence-corrected chi connectivity index (χ2v) is 5.13. The molecule has 17 heavy (non-hydrogen) atoms. The molecule has 1 aromatic heterocycles. The molecule has 2 rings (SSSR count). The van der Waals surface area contributed by atoms with Gasteiger partial charge in [0.25, 0.3) is 0 Å². The summed E-state index contributed by atoms with van der Waals surface area (Å²) in [5, 5.41) is 3.57. The summed E-state index contributed by atoms with van der Waals surface area (Å²) in [5.41, 5.74) is 1.13. The van der Waals surface area contributed by atoms with Crippen molar-refractivity contribution in [1.82, 2.24) is 20.2 Å². The molecule has 1 unspecified atom stereocenters. The van der Waals surface area contributed by atoms with Crippen molar-refractivity contribution >= 4 is 0 Å². The van der Waals surface area contributed by atoms with E-state index in [0.29, 0.717) is 12.0 Å². The Hall–Kier alpha value is -1.00. The smallest absolute Gasteiger partial charge is 0.125 e. The van der Waals surface area contributed by atoms with Crippen LogP contribution in [-0.4, -0.2) is 40.5 Å². The molecule has 0 amide bonds. The van der Waals surface area contributed by atoms with Crippen molar-refractivity contribution in [2.45, 2.75) is 33.4 Å². The van der Waals surface area contributed by atoms with Crippen LogP contribution < -0.4 is 5.32 Å². The van der Waals surface area contributed by atoms with E-state index in [2.05, 4.69) is 34.0 Å². The van der Waals surface area contributed by atoms with Crippen LogP contribution in [0.3, 0.4) is 0 Å². The second-order valence-electron chi connectivity index (χ2n) is 5.13. The number of hydrogen-bond donors (Lipinski definition) is 1. The Labute approximate surface area is 103 Å². The van der Waals surface area contributed by atoms with Crippen LogP contribution >= 0.6 is 0 Å². The summed E-state index contributed by atoms with van der Waals surface area (Å²) in [5.74, 6) is 1.54. The van der Waals surface area contributed by atoms with Gasteiger partial charge in [-0.3, -0.25) is 4.90 Å². The third-order valence-electron chi connectivity index (χ3n) is 3.31. The number of piperazine rings is 1. The van der Waals surface area contributed by atoms with Gasteiger partial charge in [0.1, 0.15) is 5.82 Å². The quantitative estimate of drug-likeness (QED) is 0.853. The van der Waals surface area contributed by atoms with Gasteiger partial charge in [0.15, 0.2) is 0 Å². The van der Waals surface area contributed by atoms with Crippen molar-refractivity contribution < 1.29 is 0 Å². The van der Waals surface area contributed by atoms with Gasteiger partial charge < -0.3 is 5.32 Å². The minimum absolute atomic E-state index is 0.603. The highest BCUT2D eigenvalue weighted by Gasteiger charge is 2.21. The number of rotatable bonds is 3. The fraction of sp³-hybridized carbons (Fsp3) is 0.692. The minimum Gasteiger partial charge on any atom is -0.311 e. The van der Waals surface area contributed by atoms with Gasteiger partial charge in [0, 0.05) is 38.4 Å². The first-order valence-electron chi connectivity index (χ1n) is 6.39. The minimum atomic E-state index is 0.603. The molecule has 0 saturated carbocycles. The Bertz CT molecular complexity index is 364. The van der Waals surface area contributed by atoms with Crippen molar-refractivity contribution in [3.63, 3.8) is 0 Å². The number of nitrogens with one attached hydrogen (secondary N) is 1. The lowest BCUT2D eigenvalue weighted by Crippen LogP contribution is -2.52. The lowest BCUT2D eigenvalue weighted by Gasteiger charge is -2.35. The monoisotopic (exact) mass is 234 g/mol. The van der Waals surface area contributed by atoms with Gasteiger partial charge in [-0.25, -0.2) is 9.97 Å². The normalized spacial score (nSPS) is 22.0. The Morgan fingerprint density at radius 1 is 1.53 bits per heavy atom. The average Bonchev–Trinajstić information content (AvgIpc) is 2.29. The predicted octanol–water partition coefficient (Wildman–Crippen LogP) is 1.21. The summed E-state index contributed by atoms with van der Waals surface area (Å²) in [6.07, 6.45) is 1.85. The fourth-order valence-electron chi connectivity index (χ4n) is 2.25. The molecular weight excluding hydrogens is 212 g/mol. The zero-order valence-corrected chi connectivity index (χ0v) is 11.0. The van der Waals surface area contributed by atoms with E-state index < -0.39 is 0 Å². The van der Waals surface area contributed by atoms with Crippen molar-refractivity contribution in [3.05, 3.63) is 23.8 Å². The van der Waals surface area contributed by atoms with Gasteiger partial charge in [-0.05, 0) is 18.9 Å². The first-order chi connectivity index (χ1) is 8.15. The molecule has 94 valence electrons. The van der Waals surface area contributed by atoms with Gasteiger partial charge in [-0.15, -0.1) is 0 Å². The number of nitrogens with zero attached hydrogens (tertiary/aromatic N) is 3. The maximum atomic E-state index is 4.46. The van der Waals surface area contributed by atoms with Gasteiger partial charge in [0.05, 0.1) is 5.69 Å². The average molecular weight is 234 g/mol. The number of aromatic nitrogens is 2. The second kappa shape index (κ2) is 5.56. The molecule has 4 heteroatoms. The van der Waals surface area contributed by atoms with Crippen LogP contribution in [0.1, 0.15) is 25.4 Å². The summed E-state index contributed by atoms with van der Waals surface area (Å²) < 4.78 is 0. The molecule has 1 atom stereocenters. The summed E-state index contributed by atoms with van der Waals surface area (Å²) in [7, 11) is 0. The van der Waals surface area contributed by atoms with Gasteiger partial charge >= 0.3 is 0 Å². The highest BCUT2D eigenvalue weighted by molar-refractivity contribution is 5.02. The van der Waals surface area contributed by atoms with E-state index in [-0.39, 0.29) is 0 Å². The maximum Gasteiger partial charge on any atom is 0.125 e. The summed E-state index contributed by atoms with van der Waals surface area (Å²) in [4.78, 5) is 11.1. The van der Waals surface area contributed by atoms with Gasteiger partial charge in [0.2, 0.25) is 0 Å². The highest BCUT2D eigenvalue weighted by atomic mass is 15.2. The van der Waals surface area contributed by atoms with Crippen LogP contribution in [0.2, 0.25) is 0 Å². The zero-order chi connectivity index (χ0) is 12.3. The Morgan fingerprint density at radius 3 is 3.06 bits per heavy atom. The van der Waals surface area contributed by atoms with E-state index in [9.17, 15) is 0 Å². The summed E-state index contributed by atoms with van der Waals surface area (Å²) >= 11 is 0. The number of hydrogen-bond acceptors (Lipinski definition) is 4. The van der Waals surface area contributed by atoms with Crippen LogP contribution in [0.15, 0.2) is 12.3 Å². The first kappa shape index (κ1) is 12.5. The molecule has 0 bridgehead atoms. The van der Waals surface area contributed by atoms with E-state index in [1.54, 1.807) is 0 Å². The molecule has 1 aliphatic heterocycles. The zero-order valence-electron chi connectivity index (χ0n) is 11.0.